The number of nitrogens with one attached hydrogen (secondary N) is 1. The number of tetrazole rings is 1. The Morgan fingerprint density at radius 1 is 1.47 bits per heavy atom. The van der Waals surface area contributed by atoms with Crippen molar-refractivity contribution in [2.24, 2.45) is 0 Å². The van der Waals surface area contributed by atoms with Crippen LogP contribution in [0.1, 0.15) is 0 Å². The highest BCUT2D eigenvalue weighted by Gasteiger charge is 2.07. The summed E-state index contributed by atoms with van der Waals surface area (Å²) in [6, 6.07) is 7.26. The van der Waals surface area contributed by atoms with Crippen LogP contribution in [0.5, 0.6) is 0 Å². The van der Waals surface area contributed by atoms with Crippen LogP contribution in [-0.2, 0) is 4.79 Å². The highest BCUT2D eigenvalue weighted by Crippen LogP contribution is 2.20. The Bertz CT molecular complexity index is 583. The number of hydrogen-bond acceptors (Lipinski definition) is 5. The van der Waals surface area contributed by atoms with Gasteiger partial charge >= 0.3 is 0 Å². The predicted molar refractivity (Wildman–Crippen MR) is 75.0 cm³/mol. The Morgan fingerprint density at radius 3 is 2.84 bits per heavy atom. The number of thioether (sulfide) groups is 1. The molecule has 1 N–H and O–H groups in total. The zero-order valence-corrected chi connectivity index (χ0v) is 11.4. The van der Waals surface area contributed by atoms with Gasteiger partial charge in [0, 0.05) is 16.1 Å². The first-order valence-corrected chi connectivity index (χ1v) is 6.64. The van der Waals surface area contributed by atoms with Gasteiger partial charge in [-0.25, -0.2) is 0 Å². The summed E-state index contributed by atoms with van der Waals surface area (Å²) in [5, 5.41) is 14.3. The van der Waals surface area contributed by atoms with Gasteiger partial charge in [0.1, 0.15) is 0 Å². The van der Waals surface area contributed by atoms with Crippen molar-refractivity contribution in [1.29, 1.82) is 0 Å². The lowest BCUT2D eigenvalue weighted by Gasteiger charge is -2.01. The number of amides is 1. The van der Waals surface area contributed by atoms with E-state index in [9.17, 15) is 4.79 Å². The van der Waals surface area contributed by atoms with E-state index in [4.69, 9.17) is 11.6 Å². The van der Waals surface area contributed by atoms with Crippen molar-refractivity contribution >= 4 is 41.4 Å². The van der Waals surface area contributed by atoms with Gasteiger partial charge < -0.3 is 0 Å². The minimum atomic E-state index is -0.205. The number of benzene rings is 1. The number of hydrogen-bond donors (Lipinski definition) is 1. The van der Waals surface area contributed by atoms with Crippen LogP contribution in [0.4, 0.5) is 5.95 Å². The number of carbonyl (C=O) groups excluding carboxylic acids is 1. The van der Waals surface area contributed by atoms with Crippen LogP contribution in [0.2, 0.25) is 5.02 Å². The van der Waals surface area contributed by atoms with Gasteiger partial charge in [-0.15, -0.1) is 21.7 Å². The molecule has 2 rings (SSSR count). The fraction of sp³-hybridized carbons (Fsp3) is 0.0909. The lowest BCUT2D eigenvalue weighted by molar-refractivity contribution is -0.113. The predicted octanol–water partition coefficient (Wildman–Crippen LogP) is 2.16. The van der Waals surface area contributed by atoms with E-state index in [1.165, 1.54) is 22.8 Å². The number of aromatic nitrogens is 4. The first-order chi connectivity index (χ1) is 9.17. The van der Waals surface area contributed by atoms with E-state index in [0.29, 0.717) is 5.02 Å². The molecule has 0 aliphatic carbocycles. The van der Waals surface area contributed by atoms with E-state index in [-0.39, 0.29) is 17.6 Å². The van der Waals surface area contributed by atoms with Gasteiger partial charge in [-0.05, 0) is 29.5 Å². The average Bonchev–Trinajstić information content (AvgIpc) is 2.86. The summed E-state index contributed by atoms with van der Waals surface area (Å²) in [5.41, 5.74) is 0. The minimum Gasteiger partial charge on any atom is -0.291 e. The van der Waals surface area contributed by atoms with E-state index in [1.807, 2.05) is 12.1 Å². The quantitative estimate of drug-likeness (QED) is 0.856. The van der Waals surface area contributed by atoms with Gasteiger partial charge in [-0.1, -0.05) is 23.3 Å². The summed E-state index contributed by atoms with van der Waals surface area (Å²) in [5.74, 6) is 0.203. The Balaban J connectivity index is 1.84. The van der Waals surface area contributed by atoms with Crippen molar-refractivity contribution in [2.45, 2.75) is 4.90 Å². The Kier molecular flexibility index (Phi) is 4.53. The van der Waals surface area contributed by atoms with Crippen molar-refractivity contribution in [3.05, 3.63) is 35.9 Å². The zero-order valence-electron chi connectivity index (χ0n) is 9.78. The second-order valence-electron chi connectivity index (χ2n) is 3.41. The van der Waals surface area contributed by atoms with Crippen molar-refractivity contribution in [3.8, 4) is 0 Å². The monoisotopic (exact) mass is 295 g/mol. The summed E-state index contributed by atoms with van der Waals surface area (Å²) in [7, 11) is 0. The zero-order chi connectivity index (χ0) is 13.7. The maximum Gasteiger partial charge on any atom is 0.270 e. The largest absolute Gasteiger partial charge is 0.291 e. The number of nitrogens with zero attached hydrogens (tertiary/aromatic N) is 4. The highest BCUT2D eigenvalue weighted by molar-refractivity contribution is 8.00. The molecule has 1 aromatic carbocycles. The topological polar surface area (TPSA) is 72.7 Å². The van der Waals surface area contributed by atoms with E-state index in [2.05, 4.69) is 27.3 Å². The first kappa shape index (κ1) is 13.6. The molecule has 2 aromatic rings. The van der Waals surface area contributed by atoms with Crippen molar-refractivity contribution in [2.75, 3.05) is 11.1 Å². The summed E-state index contributed by atoms with van der Waals surface area (Å²) in [4.78, 5) is 13.8. The SMILES string of the molecule is C=Cn1nnc(NC(=O)CSc2ccc(Cl)cc2)n1. The highest BCUT2D eigenvalue weighted by atomic mass is 35.5. The molecule has 0 aliphatic heterocycles. The Morgan fingerprint density at radius 2 is 2.21 bits per heavy atom. The van der Waals surface area contributed by atoms with Crippen LogP contribution in [0, 0.1) is 0 Å². The number of carbonyl (C=O) groups is 1. The summed E-state index contributed by atoms with van der Waals surface area (Å²) in [6.07, 6.45) is 1.38. The van der Waals surface area contributed by atoms with Gasteiger partial charge in [0.2, 0.25) is 5.91 Å². The van der Waals surface area contributed by atoms with Gasteiger partial charge in [-0.3, -0.25) is 10.1 Å². The molecule has 0 unspecified atom stereocenters. The molecule has 0 saturated heterocycles. The van der Waals surface area contributed by atoms with E-state index in [1.54, 1.807) is 12.1 Å². The minimum absolute atomic E-state index is 0.154. The third kappa shape index (κ3) is 4.08. The number of rotatable bonds is 5. The molecular formula is C11H10ClN5OS. The number of halogens is 1. The molecule has 1 amide bonds. The molecular weight excluding hydrogens is 286 g/mol. The second-order valence-corrected chi connectivity index (χ2v) is 4.89. The molecule has 1 aromatic heterocycles. The van der Waals surface area contributed by atoms with E-state index >= 15 is 0 Å². The standard InChI is InChI=1S/C11H10ClN5OS/c1-2-17-15-11(14-16-17)13-10(18)7-19-9-5-3-8(12)4-6-9/h2-6H,1,7H2,(H,13,15,18). The second kappa shape index (κ2) is 6.35. The molecule has 0 fully saturated rings. The molecule has 8 heteroatoms. The Labute approximate surface area is 118 Å². The lowest BCUT2D eigenvalue weighted by atomic mass is 10.4. The molecule has 0 bridgehead atoms. The molecule has 0 radical (unpaired) electrons. The maximum absolute atomic E-state index is 11.6. The van der Waals surface area contributed by atoms with E-state index < -0.39 is 0 Å². The molecule has 6 nitrogen and oxygen atoms in total. The molecule has 98 valence electrons. The smallest absolute Gasteiger partial charge is 0.270 e. The number of anilines is 1. The Hall–Kier alpha value is -1.86. The van der Waals surface area contributed by atoms with Crippen LogP contribution in [-0.4, -0.2) is 31.9 Å². The van der Waals surface area contributed by atoms with Crippen molar-refractivity contribution in [1.82, 2.24) is 20.2 Å². The van der Waals surface area contributed by atoms with Crippen molar-refractivity contribution < 1.29 is 4.79 Å². The van der Waals surface area contributed by atoms with Crippen LogP contribution >= 0.6 is 23.4 Å². The van der Waals surface area contributed by atoms with E-state index in [0.717, 1.165) is 4.90 Å². The molecule has 0 spiro atoms. The summed E-state index contributed by atoms with van der Waals surface area (Å²) >= 11 is 7.17. The molecule has 1 heterocycles. The average molecular weight is 296 g/mol. The molecule has 0 aliphatic rings. The van der Waals surface area contributed by atoms with Crippen LogP contribution in [0.3, 0.4) is 0 Å². The third-order valence-electron chi connectivity index (χ3n) is 2.03. The maximum atomic E-state index is 11.6. The molecule has 0 saturated carbocycles. The normalized spacial score (nSPS) is 10.2. The van der Waals surface area contributed by atoms with Gasteiger partial charge in [0.25, 0.3) is 5.95 Å². The van der Waals surface area contributed by atoms with Gasteiger partial charge in [0.05, 0.1) is 5.75 Å². The van der Waals surface area contributed by atoms with Gasteiger partial charge in [0.15, 0.2) is 0 Å². The molecule has 0 atom stereocenters. The summed E-state index contributed by atoms with van der Waals surface area (Å²) in [6.45, 7) is 3.48. The lowest BCUT2D eigenvalue weighted by Crippen LogP contribution is -2.15. The fourth-order valence-corrected chi connectivity index (χ4v) is 2.02. The first-order valence-electron chi connectivity index (χ1n) is 5.27. The van der Waals surface area contributed by atoms with Crippen molar-refractivity contribution in [3.63, 3.8) is 0 Å². The van der Waals surface area contributed by atoms with Crippen LogP contribution in [0.25, 0.3) is 6.20 Å². The third-order valence-corrected chi connectivity index (χ3v) is 3.29. The summed E-state index contributed by atoms with van der Waals surface area (Å²) < 4.78 is 0. The van der Waals surface area contributed by atoms with Gasteiger partial charge in [-0.2, -0.15) is 0 Å². The van der Waals surface area contributed by atoms with Crippen LogP contribution in [0.15, 0.2) is 35.7 Å². The molecule has 19 heavy (non-hydrogen) atoms. The van der Waals surface area contributed by atoms with Crippen LogP contribution < -0.4 is 5.32 Å². The fourth-order valence-electron chi connectivity index (χ4n) is 1.19.